The maximum absolute atomic E-state index is 6.28. The fourth-order valence-electron chi connectivity index (χ4n) is 2.26. The van der Waals surface area contributed by atoms with Crippen molar-refractivity contribution in [3.63, 3.8) is 0 Å². The zero-order valence-corrected chi connectivity index (χ0v) is 8.56. The zero-order valence-electron chi connectivity index (χ0n) is 8.56. The minimum atomic E-state index is -0.427. The fourth-order valence-corrected chi connectivity index (χ4v) is 2.26. The number of hydrogen-bond donors (Lipinski definition) is 1. The largest absolute Gasteiger partial charge is 0.307 e. The van der Waals surface area contributed by atoms with Crippen LogP contribution < -0.4 is 5.73 Å². The summed E-state index contributed by atoms with van der Waals surface area (Å²) in [6.07, 6.45) is 7.87. The van der Waals surface area contributed by atoms with Crippen molar-refractivity contribution < 1.29 is 0 Å². The summed E-state index contributed by atoms with van der Waals surface area (Å²) in [5, 5.41) is 11.2. The molecule has 5 nitrogen and oxygen atoms in total. The van der Waals surface area contributed by atoms with Gasteiger partial charge in [0.15, 0.2) is 0 Å². The van der Waals surface area contributed by atoms with Gasteiger partial charge in [0.2, 0.25) is 0 Å². The standard InChI is InChI=1S/C9H17N5/c1-9(10,14-7-11-12-13-14)8-5-3-2-4-6-8/h7-8H,2-6,10H2,1H3. The van der Waals surface area contributed by atoms with Gasteiger partial charge < -0.3 is 5.73 Å². The minimum absolute atomic E-state index is 0.427. The maximum atomic E-state index is 6.28. The Morgan fingerprint density at radius 3 is 2.64 bits per heavy atom. The molecule has 0 aromatic carbocycles. The van der Waals surface area contributed by atoms with Crippen LogP contribution in [0, 0.1) is 5.92 Å². The van der Waals surface area contributed by atoms with E-state index in [2.05, 4.69) is 15.5 Å². The van der Waals surface area contributed by atoms with Crippen LogP contribution in [0.2, 0.25) is 0 Å². The zero-order chi connectivity index (χ0) is 10.0. The fraction of sp³-hybridized carbons (Fsp3) is 0.889. The second-order valence-electron chi connectivity index (χ2n) is 4.32. The van der Waals surface area contributed by atoms with Gasteiger partial charge in [0, 0.05) is 0 Å². The van der Waals surface area contributed by atoms with Gasteiger partial charge in [-0.1, -0.05) is 19.3 Å². The lowest BCUT2D eigenvalue weighted by atomic mass is 9.81. The average Bonchev–Trinajstić information content (AvgIpc) is 2.72. The van der Waals surface area contributed by atoms with Crippen LogP contribution in [0.4, 0.5) is 0 Å². The van der Waals surface area contributed by atoms with E-state index in [4.69, 9.17) is 5.73 Å². The highest BCUT2D eigenvalue weighted by molar-refractivity contribution is 4.83. The third-order valence-corrected chi connectivity index (χ3v) is 3.27. The molecular weight excluding hydrogens is 178 g/mol. The van der Waals surface area contributed by atoms with Gasteiger partial charge in [-0.3, -0.25) is 0 Å². The highest BCUT2D eigenvalue weighted by Gasteiger charge is 2.33. The molecule has 2 N–H and O–H groups in total. The van der Waals surface area contributed by atoms with Crippen LogP contribution in [0.1, 0.15) is 39.0 Å². The Kier molecular flexibility index (Phi) is 2.50. The smallest absolute Gasteiger partial charge is 0.140 e. The first-order valence-corrected chi connectivity index (χ1v) is 5.23. The van der Waals surface area contributed by atoms with E-state index in [1.807, 2.05) is 6.92 Å². The predicted octanol–water partition coefficient (Wildman–Crippen LogP) is 0.885. The number of tetrazole rings is 1. The molecular formula is C9H17N5. The van der Waals surface area contributed by atoms with Gasteiger partial charge >= 0.3 is 0 Å². The molecule has 14 heavy (non-hydrogen) atoms. The van der Waals surface area contributed by atoms with Gasteiger partial charge in [0.05, 0.1) is 0 Å². The highest BCUT2D eigenvalue weighted by atomic mass is 15.6. The van der Waals surface area contributed by atoms with E-state index in [1.54, 1.807) is 11.0 Å². The Bertz CT molecular complexity index is 273. The summed E-state index contributed by atoms with van der Waals surface area (Å²) in [5.74, 6) is 0.500. The molecule has 1 heterocycles. The molecule has 1 atom stereocenters. The van der Waals surface area contributed by atoms with Crippen LogP contribution in [0.5, 0.6) is 0 Å². The Hall–Kier alpha value is -0.970. The summed E-state index contributed by atoms with van der Waals surface area (Å²) < 4.78 is 1.68. The van der Waals surface area contributed by atoms with Crippen molar-refractivity contribution in [2.45, 2.75) is 44.7 Å². The SMILES string of the molecule is CC(N)(C1CCCCC1)n1cnnn1. The molecule has 1 aromatic heterocycles. The lowest BCUT2D eigenvalue weighted by molar-refractivity contribution is 0.132. The Balaban J connectivity index is 2.14. The number of nitrogens with two attached hydrogens (primary N) is 1. The van der Waals surface area contributed by atoms with Crippen LogP contribution in [-0.4, -0.2) is 20.2 Å². The second-order valence-corrected chi connectivity index (χ2v) is 4.32. The van der Waals surface area contributed by atoms with E-state index in [-0.39, 0.29) is 0 Å². The second kappa shape index (κ2) is 3.65. The Morgan fingerprint density at radius 1 is 1.36 bits per heavy atom. The molecule has 1 saturated carbocycles. The minimum Gasteiger partial charge on any atom is -0.307 e. The molecule has 5 heteroatoms. The van der Waals surface area contributed by atoms with Crippen molar-refractivity contribution in [3.05, 3.63) is 6.33 Å². The van der Waals surface area contributed by atoms with Crippen molar-refractivity contribution in [3.8, 4) is 0 Å². The van der Waals surface area contributed by atoms with E-state index >= 15 is 0 Å². The van der Waals surface area contributed by atoms with Gasteiger partial charge in [0.25, 0.3) is 0 Å². The van der Waals surface area contributed by atoms with Gasteiger partial charge in [-0.05, 0) is 36.1 Å². The normalized spacial score (nSPS) is 23.3. The predicted molar refractivity (Wildman–Crippen MR) is 52.2 cm³/mol. The monoisotopic (exact) mass is 195 g/mol. The first kappa shape index (κ1) is 9.58. The highest BCUT2D eigenvalue weighted by Crippen LogP contribution is 2.33. The topological polar surface area (TPSA) is 69.6 Å². The van der Waals surface area contributed by atoms with E-state index in [0.717, 1.165) is 0 Å². The molecule has 0 amide bonds. The molecule has 1 aliphatic carbocycles. The van der Waals surface area contributed by atoms with Gasteiger partial charge in [-0.2, -0.15) is 0 Å². The molecule has 0 bridgehead atoms. The molecule has 1 unspecified atom stereocenters. The van der Waals surface area contributed by atoms with Gasteiger partial charge in [-0.15, -0.1) is 5.10 Å². The van der Waals surface area contributed by atoms with Crippen LogP contribution in [0.3, 0.4) is 0 Å². The summed E-state index contributed by atoms with van der Waals surface area (Å²) in [6.45, 7) is 2.01. The summed E-state index contributed by atoms with van der Waals surface area (Å²) in [7, 11) is 0. The quantitative estimate of drug-likeness (QED) is 0.760. The number of aromatic nitrogens is 4. The average molecular weight is 195 g/mol. The van der Waals surface area contributed by atoms with Crippen molar-refractivity contribution in [1.82, 2.24) is 20.2 Å². The van der Waals surface area contributed by atoms with E-state index in [0.29, 0.717) is 5.92 Å². The first-order valence-electron chi connectivity index (χ1n) is 5.23. The van der Waals surface area contributed by atoms with Crippen molar-refractivity contribution in [1.29, 1.82) is 0 Å². The lowest BCUT2D eigenvalue weighted by Crippen LogP contribution is -2.48. The van der Waals surface area contributed by atoms with Gasteiger partial charge in [-0.25, -0.2) is 4.68 Å². The Labute approximate surface area is 83.7 Å². The summed E-state index contributed by atoms with van der Waals surface area (Å²) in [4.78, 5) is 0. The van der Waals surface area contributed by atoms with Crippen LogP contribution in [-0.2, 0) is 5.66 Å². The molecule has 1 aliphatic rings. The third-order valence-electron chi connectivity index (χ3n) is 3.27. The third kappa shape index (κ3) is 1.64. The molecule has 78 valence electrons. The number of rotatable bonds is 2. The van der Waals surface area contributed by atoms with Crippen molar-refractivity contribution in [2.24, 2.45) is 11.7 Å². The summed E-state index contributed by atoms with van der Waals surface area (Å²) >= 11 is 0. The van der Waals surface area contributed by atoms with E-state index in [1.165, 1.54) is 32.1 Å². The molecule has 0 saturated heterocycles. The van der Waals surface area contributed by atoms with Crippen LogP contribution >= 0.6 is 0 Å². The molecule has 0 radical (unpaired) electrons. The first-order chi connectivity index (χ1) is 6.71. The van der Waals surface area contributed by atoms with E-state index in [9.17, 15) is 0 Å². The van der Waals surface area contributed by atoms with Gasteiger partial charge in [0.1, 0.15) is 12.0 Å². The molecule has 2 rings (SSSR count). The number of hydrogen-bond acceptors (Lipinski definition) is 4. The lowest BCUT2D eigenvalue weighted by Gasteiger charge is -2.35. The summed E-state index contributed by atoms with van der Waals surface area (Å²) in [6, 6.07) is 0. The molecule has 1 fully saturated rings. The Morgan fingerprint density at radius 2 is 2.07 bits per heavy atom. The number of nitrogens with zero attached hydrogens (tertiary/aromatic N) is 4. The maximum Gasteiger partial charge on any atom is 0.140 e. The molecule has 0 aliphatic heterocycles. The molecule has 1 aromatic rings. The van der Waals surface area contributed by atoms with E-state index < -0.39 is 5.66 Å². The van der Waals surface area contributed by atoms with Crippen molar-refractivity contribution >= 4 is 0 Å². The van der Waals surface area contributed by atoms with Crippen molar-refractivity contribution in [2.75, 3.05) is 0 Å². The van der Waals surface area contributed by atoms with Crippen LogP contribution in [0.25, 0.3) is 0 Å². The summed E-state index contributed by atoms with van der Waals surface area (Å²) in [5.41, 5.74) is 5.85. The molecule has 0 spiro atoms. The van der Waals surface area contributed by atoms with Crippen LogP contribution in [0.15, 0.2) is 6.33 Å².